The number of H-pyrrole nitrogens is 1. The number of benzene rings is 3. The molecule has 1 aliphatic rings. The number of nitrogens with zero attached hydrogens (tertiary/aromatic N) is 2. The molecule has 3 N–H and O–H groups in total. The topological polar surface area (TPSA) is 141 Å². The molecule has 0 aliphatic carbocycles. The van der Waals surface area contributed by atoms with E-state index in [0.717, 1.165) is 40.3 Å². The van der Waals surface area contributed by atoms with E-state index in [1.807, 2.05) is 70.1 Å². The number of pyridine rings is 1. The molecule has 4 aromatic rings. The lowest BCUT2D eigenvalue weighted by Gasteiger charge is -2.31. The van der Waals surface area contributed by atoms with Gasteiger partial charge in [0.05, 0.1) is 18.0 Å². The van der Waals surface area contributed by atoms with Gasteiger partial charge >= 0.3 is 6.09 Å². The molecule has 0 bridgehead atoms. The highest BCUT2D eigenvalue weighted by molar-refractivity contribution is 7.92. The van der Waals surface area contributed by atoms with Crippen LogP contribution in [0.3, 0.4) is 0 Å². The highest BCUT2D eigenvalue weighted by Crippen LogP contribution is 2.31. The summed E-state index contributed by atoms with van der Waals surface area (Å²) in [5, 5.41) is 7.33. The number of nitrogens with one attached hydrogen (secondary N) is 3. The van der Waals surface area contributed by atoms with Crippen LogP contribution in [0.1, 0.15) is 54.0 Å². The summed E-state index contributed by atoms with van der Waals surface area (Å²) in [4.78, 5) is 41.7. The molecule has 0 radical (unpaired) electrons. The lowest BCUT2D eigenvalue weighted by molar-refractivity contribution is -0.108. The number of fused-ring (bicyclic) bond motifs is 1. The number of hydrogen-bond donors (Lipinski definition) is 3. The smallest absolute Gasteiger partial charge is 0.411 e. The third kappa shape index (κ3) is 8.03. The molecule has 1 aliphatic heterocycles. The Bertz CT molecular complexity index is 1950. The third-order valence-electron chi connectivity index (χ3n) is 8.31. The second-order valence-corrected chi connectivity index (χ2v) is 14.3. The maximum Gasteiger partial charge on any atom is 0.411 e. The molecule has 1 aromatic heterocycles. The van der Waals surface area contributed by atoms with Crippen LogP contribution in [0.4, 0.5) is 21.9 Å². The van der Waals surface area contributed by atoms with Crippen LogP contribution in [0, 0.1) is 6.92 Å². The zero-order valence-electron chi connectivity index (χ0n) is 27.1. The van der Waals surface area contributed by atoms with Gasteiger partial charge in [-0.25, -0.2) is 13.2 Å². The number of carbonyl (C=O) groups is 2. The Morgan fingerprint density at radius 2 is 1.89 bits per heavy atom. The molecule has 1 unspecified atom stereocenters. The lowest BCUT2D eigenvalue weighted by atomic mass is 9.93. The predicted molar refractivity (Wildman–Crippen MR) is 188 cm³/mol. The molecule has 13 heteroatoms. The average Bonchev–Trinajstić information content (AvgIpc) is 3.03. The van der Waals surface area contributed by atoms with Crippen LogP contribution < -0.4 is 20.5 Å². The molecule has 47 heavy (non-hydrogen) atoms. The van der Waals surface area contributed by atoms with Gasteiger partial charge in [-0.2, -0.15) is 0 Å². The van der Waals surface area contributed by atoms with Crippen molar-refractivity contribution in [2.24, 2.45) is 0 Å². The summed E-state index contributed by atoms with van der Waals surface area (Å²) >= 11 is 0. The van der Waals surface area contributed by atoms with Gasteiger partial charge in [0.2, 0.25) is 10.0 Å². The number of sulfonamides is 1. The van der Waals surface area contributed by atoms with Crippen LogP contribution in [-0.4, -0.2) is 64.5 Å². The van der Waals surface area contributed by atoms with Crippen molar-refractivity contribution >= 4 is 58.2 Å². The summed E-state index contributed by atoms with van der Waals surface area (Å²) in [5.41, 5.74) is 5.08. The highest BCUT2D eigenvalue weighted by atomic mass is 32.2. The second-order valence-electron chi connectivity index (χ2n) is 12.3. The van der Waals surface area contributed by atoms with Gasteiger partial charge in [0.1, 0.15) is 12.3 Å². The Kier molecular flexibility index (Phi) is 10.4. The molecular weight excluding hydrogens is 617 g/mol. The average molecular weight is 658 g/mol. The Hall–Kier alpha value is -4.62. The number of amides is 1. The quantitative estimate of drug-likeness (QED) is 0.159. The van der Waals surface area contributed by atoms with Crippen molar-refractivity contribution in [3.63, 3.8) is 0 Å². The molecule has 0 saturated carbocycles. The van der Waals surface area contributed by atoms with Crippen LogP contribution in [0.5, 0.6) is 0 Å². The lowest BCUT2D eigenvalue weighted by Crippen LogP contribution is -2.38. The van der Waals surface area contributed by atoms with Crippen LogP contribution in [-0.2, 0) is 26.1 Å². The predicted octanol–water partition coefficient (Wildman–Crippen LogP) is 4.45. The summed E-state index contributed by atoms with van der Waals surface area (Å²) in [7, 11) is 0.430. The van der Waals surface area contributed by atoms with E-state index in [9.17, 15) is 22.8 Å². The Morgan fingerprint density at radius 1 is 1.11 bits per heavy atom. The Labute approximate surface area is 275 Å². The van der Waals surface area contributed by atoms with Crippen molar-refractivity contribution < 1.29 is 22.7 Å². The van der Waals surface area contributed by atoms with Crippen LogP contribution in [0.15, 0.2) is 71.7 Å². The molecule has 246 valence electrons. The maximum atomic E-state index is 12.8. The fourth-order valence-corrected chi connectivity index (χ4v) is 7.65. The Balaban J connectivity index is 1.22. The molecule has 5 rings (SSSR count). The SMILES string of the molecule is BN(C)Cc1cc(NC(=O)OC[C@H](C)c2ccc(C(C=O)Nc3ccc4cc[nH]c(=O)c4c3)cc2C)ccc1N1CCCCS1(=O)=O. The van der Waals surface area contributed by atoms with Gasteiger partial charge in [-0.3, -0.25) is 14.4 Å². The molecule has 1 saturated heterocycles. The van der Waals surface area contributed by atoms with Crippen LogP contribution >= 0.6 is 0 Å². The van der Waals surface area contributed by atoms with Crippen molar-refractivity contribution in [2.75, 3.05) is 40.9 Å². The summed E-state index contributed by atoms with van der Waals surface area (Å²) in [6, 6.07) is 17.6. The molecule has 3 aromatic carbocycles. The van der Waals surface area contributed by atoms with Crippen molar-refractivity contribution in [1.82, 2.24) is 9.79 Å². The highest BCUT2D eigenvalue weighted by Gasteiger charge is 2.28. The molecule has 11 nitrogen and oxygen atoms in total. The number of anilines is 3. The van der Waals surface area contributed by atoms with E-state index in [4.69, 9.17) is 4.74 Å². The van der Waals surface area contributed by atoms with Crippen LogP contribution in [0.25, 0.3) is 10.8 Å². The van der Waals surface area contributed by atoms with Gasteiger partial charge in [0.15, 0.2) is 7.98 Å². The standard InChI is InChI=1S/C34H40BN5O6S/c1-22-16-25(31(20-41)37-28-8-6-24-12-13-36-33(42)30(24)18-28)7-10-29(22)23(2)21-46-34(43)38-27-9-11-32(26(17-27)19-39(3)35)40-14-4-5-15-47(40,44)45/h6-13,16-18,20,23,31,37H,4-5,14-15,19,21,35H2,1-3H3,(H,36,42)(H,38,43)/t23-,31?/m0/s1. The normalized spacial score (nSPS) is 15.6. The number of aryl methyl sites for hydroxylation is 1. The molecule has 2 heterocycles. The Morgan fingerprint density at radius 3 is 2.62 bits per heavy atom. The van der Waals surface area contributed by atoms with Crippen molar-refractivity contribution in [3.05, 3.63) is 99.5 Å². The fraction of sp³-hybridized carbons (Fsp3) is 0.324. The fourth-order valence-electron chi connectivity index (χ4n) is 5.97. The van der Waals surface area contributed by atoms with Gasteiger partial charge in [-0.1, -0.05) is 31.2 Å². The van der Waals surface area contributed by atoms with E-state index in [1.165, 1.54) is 4.31 Å². The zero-order chi connectivity index (χ0) is 33.7. The van der Waals surface area contributed by atoms with Gasteiger partial charge in [0.25, 0.3) is 5.56 Å². The molecule has 1 amide bonds. The van der Waals surface area contributed by atoms with Crippen LogP contribution in [0.2, 0.25) is 0 Å². The van der Waals surface area contributed by atoms with Crippen molar-refractivity contribution in [2.45, 2.75) is 45.2 Å². The number of aldehydes is 1. The number of aromatic amines is 1. The molecule has 0 spiro atoms. The summed E-state index contributed by atoms with van der Waals surface area (Å²) in [5.74, 6) is 0.00482. The van der Waals surface area contributed by atoms with Crippen molar-refractivity contribution in [3.8, 4) is 0 Å². The van der Waals surface area contributed by atoms with E-state index in [0.29, 0.717) is 42.0 Å². The van der Waals surface area contributed by atoms with Gasteiger partial charge in [0, 0.05) is 42.0 Å². The molecule has 2 atom stereocenters. The van der Waals surface area contributed by atoms with Crippen molar-refractivity contribution in [1.29, 1.82) is 0 Å². The van der Waals surface area contributed by atoms with E-state index < -0.39 is 22.2 Å². The van der Waals surface area contributed by atoms with Gasteiger partial charge in [-0.15, -0.1) is 0 Å². The minimum atomic E-state index is -3.38. The largest absolute Gasteiger partial charge is 0.449 e. The van der Waals surface area contributed by atoms with Gasteiger partial charge < -0.3 is 24.6 Å². The first-order valence-electron chi connectivity index (χ1n) is 15.6. The summed E-state index contributed by atoms with van der Waals surface area (Å²) in [6.45, 7) is 4.97. The maximum absolute atomic E-state index is 12.8. The number of carbonyl (C=O) groups excluding carboxylic acids is 2. The molecule has 1 fully saturated rings. The first kappa shape index (κ1) is 33.7. The summed E-state index contributed by atoms with van der Waals surface area (Å²) in [6.07, 6.45) is 3.27. The first-order chi connectivity index (χ1) is 22.4. The monoisotopic (exact) mass is 657 g/mol. The number of ether oxygens (including phenoxy) is 1. The van der Waals surface area contributed by atoms with E-state index in [1.54, 1.807) is 30.5 Å². The number of rotatable bonds is 11. The van der Waals surface area contributed by atoms with E-state index >= 15 is 0 Å². The second kappa shape index (κ2) is 14.4. The van der Waals surface area contributed by atoms with Gasteiger partial charge in [-0.05, 0) is 90.9 Å². The van der Waals surface area contributed by atoms with E-state index in [-0.39, 0.29) is 23.8 Å². The number of hydrogen-bond acceptors (Lipinski definition) is 8. The minimum absolute atomic E-state index is 0.124. The number of aromatic nitrogens is 1. The third-order valence-corrected chi connectivity index (χ3v) is 10.2. The minimum Gasteiger partial charge on any atom is -0.449 e. The molecular formula is C34H40BN5O6S. The summed E-state index contributed by atoms with van der Waals surface area (Å²) < 4.78 is 32.6. The zero-order valence-corrected chi connectivity index (χ0v) is 27.9. The first-order valence-corrected chi connectivity index (χ1v) is 17.2. The van der Waals surface area contributed by atoms with E-state index in [2.05, 4.69) is 15.6 Å².